The SMILES string of the molecule is CC(C(=O)O)C(F)(F)C(F)(F)C(F)(F)C(F)(F)C(F)(F)CCC(F)(F)F.c1ccc2c(c1)Cc1ccccc1-2. The van der Waals surface area contributed by atoms with E-state index in [1.165, 1.54) is 22.3 Å². The highest BCUT2D eigenvalue weighted by atomic mass is 19.4. The molecule has 0 bridgehead atoms. The van der Waals surface area contributed by atoms with Gasteiger partial charge in [-0.05, 0) is 35.6 Å². The predicted molar refractivity (Wildman–Crippen MR) is 112 cm³/mol. The van der Waals surface area contributed by atoms with Gasteiger partial charge in [-0.1, -0.05) is 48.5 Å². The summed E-state index contributed by atoms with van der Waals surface area (Å²) < 4.78 is 168. The zero-order chi connectivity index (χ0) is 30.2. The zero-order valence-corrected chi connectivity index (χ0v) is 19.6. The van der Waals surface area contributed by atoms with Crippen molar-refractivity contribution >= 4 is 5.97 Å². The quantitative estimate of drug-likeness (QED) is 0.269. The first-order chi connectivity index (χ1) is 17.5. The Hall–Kier alpha value is -3.00. The molecule has 0 aliphatic heterocycles. The molecule has 0 amide bonds. The van der Waals surface area contributed by atoms with Crippen molar-refractivity contribution in [2.24, 2.45) is 5.92 Å². The van der Waals surface area contributed by atoms with Crippen molar-refractivity contribution < 1.29 is 67.0 Å². The molecule has 1 atom stereocenters. The van der Waals surface area contributed by atoms with Gasteiger partial charge in [0.05, 0.1) is 0 Å². The third-order valence-electron chi connectivity index (χ3n) is 6.01. The number of alkyl halides is 13. The Bertz CT molecular complexity index is 1130. The molecule has 1 N–H and O–H groups in total. The van der Waals surface area contributed by atoms with E-state index in [1.54, 1.807) is 0 Å². The van der Waals surface area contributed by atoms with Crippen LogP contribution in [0.25, 0.3) is 11.1 Å². The lowest BCUT2D eigenvalue weighted by atomic mass is 9.87. The van der Waals surface area contributed by atoms with Gasteiger partial charge in [-0.25, -0.2) is 0 Å². The van der Waals surface area contributed by atoms with Crippen molar-refractivity contribution in [3.8, 4) is 11.1 Å². The number of carboxylic acid groups (broad SMARTS) is 1. The number of hydrogen-bond donors (Lipinski definition) is 1. The van der Waals surface area contributed by atoms with E-state index < -0.39 is 60.5 Å². The Morgan fingerprint density at radius 3 is 1.49 bits per heavy atom. The molecule has 0 heterocycles. The van der Waals surface area contributed by atoms with Crippen LogP contribution >= 0.6 is 0 Å². The second kappa shape index (κ2) is 10.5. The molecule has 0 spiro atoms. The lowest BCUT2D eigenvalue weighted by Gasteiger charge is -2.40. The average Bonchev–Trinajstić information content (AvgIpc) is 3.20. The van der Waals surface area contributed by atoms with Gasteiger partial charge in [0.15, 0.2) is 0 Å². The van der Waals surface area contributed by atoms with Crippen LogP contribution in [0.3, 0.4) is 0 Å². The van der Waals surface area contributed by atoms with E-state index in [4.69, 9.17) is 5.11 Å². The summed E-state index contributed by atoms with van der Waals surface area (Å²) in [5, 5.41) is 8.16. The van der Waals surface area contributed by atoms with Crippen LogP contribution in [-0.2, 0) is 11.2 Å². The van der Waals surface area contributed by atoms with E-state index in [2.05, 4.69) is 48.5 Å². The minimum atomic E-state index is -7.59. The van der Waals surface area contributed by atoms with Gasteiger partial charge < -0.3 is 5.11 Å². The summed E-state index contributed by atoms with van der Waals surface area (Å²) >= 11 is 0. The third kappa shape index (κ3) is 5.96. The van der Waals surface area contributed by atoms with Gasteiger partial charge in [-0.15, -0.1) is 0 Å². The summed E-state index contributed by atoms with van der Waals surface area (Å²) in [5.74, 6) is -41.8. The molecule has 39 heavy (non-hydrogen) atoms. The maximum Gasteiger partial charge on any atom is 0.389 e. The van der Waals surface area contributed by atoms with Gasteiger partial charge in [-0.2, -0.15) is 57.1 Å². The Labute approximate surface area is 212 Å². The zero-order valence-electron chi connectivity index (χ0n) is 19.6. The topological polar surface area (TPSA) is 37.3 Å². The van der Waals surface area contributed by atoms with Gasteiger partial charge in [0, 0.05) is 12.8 Å². The first-order valence-corrected chi connectivity index (χ1v) is 10.9. The maximum absolute atomic E-state index is 13.3. The monoisotopic (exact) mass is 586 g/mol. The molecule has 3 rings (SSSR count). The normalized spacial score (nSPS) is 15.1. The van der Waals surface area contributed by atoms with Crippen LogP contribution in [0.1, 0.15) is 30.9 Å². The molecule has 2 aromatic rings. The van der Waals surface area contributed by atoms with Crippen LogP contribution in [0, 0.1) is 5.92 Å². The van der Waals surface area contributed by atoms with Crippen molar-refractivity contribution in [2.75, 3.05) is 0 Å². The number of hydrogen-bond acceptors (Lipinski definition) is 1. The molecule has 0 radical (unpaired) electrons. The first kappa shape index (κ1) is 32.2. The molecule has 0 saturated heterocycles. The molecular formula is C24H19F13O2. The number of carboxylic acids is 1. The number of aliphatic carboxylic acids is 1. The minimum absolute atomic E-state index is 0.285. The van der Waals surface area contributed by atoms with Gasteiger partial charge >= 0.3 is 41.8 Å². The summed E-state index contributed by atoms with van der Waals surface area (Å²) in [6.45, 7) is -0.285. The lowest BCUT2D eigenvalue weighted by Crippen LogP contribution is -2.68. The maximum atomic E-state index is 13.3. The van der Waals surface area contributed by atoms with Gasteiger partial charge in [0.25, 0.3) is 0 Å². The highest BCUT2D eigenvalue weighted by Crippen LogP contribution is 2.59. The molecular weight excluding hydrogens is 567 g/mol. The first-order valence-electron chi connectivity index (χ1n) is 10.9. The highest BCUT2D eigenvalue weighted by molar-refractivity contribution is 5.76. The number of rotatable bonds is 8. The summed E-state index contributed by atoms with van der Waals surface area (Å²) in [5.41, 5.74) is 5.75. The van der Waals surface area contributed by atoms with Crippen molar-refractivity contribution in [3.05, 3.63) is 59.7 Å². The predicted octanol–water partition coefficient (Wildman–Crippen LogP) is 8.48. The van der Waals surface area contributed by atoms with Crippen molar-refractivity contribution in [1.29, 1.82) is 0 Å². The molecule has 1 aliphatic carbocycles. The van der Waals surface area contributed by atoms with Crippen LogP contribution in [0.15, 0.2) is 48.5 Å². The summed E-state index contributed by atoms with van der Waals surface area (Å²) in [6.07, 6.45) is -10.4. The Morgan fingerprint density at radius 1 is 0.692 bits per heavy atom. The number of carbonyl (C=O) groups is 1. The standard InChI is InChI=1S/C13H10.C11H9F13O2/c1-3-7-12-10(5-1)9-11-6-2-4-8-13(11)12;1-4(5(25)26)8(17,18)10(21,22)11(23,24)9(19,20)6(12,13)2-3-7(14,15)16/h1-8H,9H2;4H,2-3H2,1H3,(H,25,26). The van der Waals surface area contributed by atoms with Crippen LogP contribution in [0.2, 0.25) is 0 Å². The van der Waals surface area contributed by atoms with Crippen molar-refractivity contribution in [3.63, 3.8) is 0 Å². The molecule has 0 saturated carbocycles. The number of fused-ring (bicyclic) bond motifs is 3. The van der Waals surface area contributed by atoms with Crippen LogP contribution in [0.4, 0.5) is 57.1 Å². The Balaban J connectivity index is 0.000000333. The van der Waals surface area contributed by atoms with E-state index in [0.717, 1.165) is 6.42 Å². The molecule has 218 valence electrons. The van der Waals surface area contributed by atoms with E-state index in [0.29, 0.717) is 0 Å². The minimum Gasteiger partial charge on any atom is -0.481 e. The van der Waals surface area contributed by atoms with E-state index in [-0.39, 0.29) is 6.92 Å². The highest BCUT2D eigenvalue weighted by Gasteiger charge is 2.87. The second-order valence-electron chi connectivity index (χ2n) is 8.72. The van der Waals surface area contributed by atoms with Gasteiger partial charge in [0.1, 0.15) is 5.92 Å². The summed E-state index contributed by atoms with van der Waals surface area (Å²) in [7, 11) is 0. The van der Waals surface area contributed by atoms with E-state index >= 15 is 0 Å². The molecule has 1 aliphatic rings. The fourth-order valence-electron chi connectivity index (χ4n) is 3.60. The van der Waals surface area contributed by atoms with Crippen LogP contribution in [-0.4, -0.2) is 46.9 Å². The van der Waals surface area contributed by atoms with Crippen LogP contribution < -0.4 is 0 Å². The summed E-state index contributed by atoms with van der Waals surface area (Å²) in [6, 6.07) is 17.3. The average molecular weight is 586 g/mol. The Kier molecular flexibility index (Phi) is 8.69. The van der Waals surface area contributed by atoms with E-state index in [1.807, 2.05) is 0 Å². The van der Waals surface area contributed by atoms with Gasteiger partial charge in [-0.3, -0.25) is 4.79 Å². The molecule has 0 fully saturated rings. The van der Waals surface area contributed by atoms with E-state index in [9.17, 15) is 61.9 Å². The fraction of sp³-hybridized carbons (Fsp3) is 0.458. The smallest absolute Gasteiger partial charge is 0.389 e. The lowest BCUT2D eigenvalue weighted by molar-refractivity contribution is -0.407. The largest absolute Gasteiger partial charge is 0.481 e. The fourth-order valence-corrected chi connectivity index (χ4v) is 3.60. The summed E-state index contributed by atoms with van der Waals surface area (Å²) in [4.78, 5) is 10.3. The van der Waals surface area contributed by atoms with Crippen molar-refractivity contribution in [1.82, 2.24) is 0 Å². The third-order valence-corrected chi connectivity index (χ3v) is 6.01. The molecule has 2 nitrogen and oxygen atoms in total. The number of halogens is 13. The molecule has 0 aromatic heterocycles. The van der Waals surface area contributed by atoms with Gasteiger partial charge in [0.2, 0.25) is 0 Å². The van der Waals surface area contributed by atoms with Crippen molar-refractivity contribution in [2.45, 2.75) is 62.0 Å². The second-order valence-corrected chi connectivity index (χ2v) is 8.72. The molecule has 1 unspecified atom stereocenters. The molecule has 2 aromatic carbocycles. The van der Waals surface area contributed by atoms with Crippen LogP contribution in [0.5, 0.6) is 0 Å². The Morgan fingerprint density at radius 2 is 1.10 bits per heavy atom. The molecule has 15 heteroatoms. The number of benzene rings is 2.